The quantitative estimate of drug-likeness (QED) is 0.833. The van der Waals surface area contributed by atoms with Gasteiger partial charge in [0.15, 0.2) is 0 Å². The minimum absolute atomic E-state index is 0.194. The lowest BCUT2D eigenvalue weighted by Crippen LogP contribution is -1.82. The van der Waals surface area contributed by atoms with Crippen molar-refractivity contribution in [2.75, 3.05) is 0 Å². The minimum atomic E-state index is 0.194. The molecule has 0 aliphatic rings. The second-order valence-corrected chi connectivity index (χ2v) is 3.74. The number of rotatable bonds is 2. The molecule has 0 saturated carbocycles. The Morgan fingerprint density at radius 2 is 2.00 bits per heavy atom. The number of halogens is 2. The molecule has 0 N–H and O–H groups in total. The van der Waals surface area contributed by atoms with E-state index in [0.29, 0.717) is 15.4 Å². The lowest BCUT2D eigenvalue weighted by Gasteiger charge is -1.99. The number of benzene rings is 1. The van der Waals surface area contributed by atoms with Gasteiger partial charge in [0, 0.05) is 5.02 Å². The van der Waals surface area contributed by atoms with Gasteiger partial charge in [-0.2, -0.15) is 4.98 Å². The molecule has 0 unspecified atom stereocenters. The number of aromatic nitrogens is 1. The lowest BCUT2D eigenvalue weighted by molar-refractivity contribution is 0.331. The van der Waals surface area contributed by atoms with Crippen LogP contribution >= 0.6 is 27.5 Å². The van der Waals surface area contributed by atoms with E-state index in [2.05, 4.69) is 20.9 Å². The van der Waals surface area contributed by atoms with Crippen molar-refractivity contribution in [2.45, 2.75) is 0 Å². The third kappa shape index (κ3) is 2.27. The van der Waals surface area contributed by atoms with Crippen LogP contribution in [0.1, 0.15) is 0 Å². The highest BCUT2D eigenvalue weighted by molar-refractivity contribution is 9.10. The standard InChI is InChI=1S/C9H5BrClNO2/c10-8-5-13-9(12-8)14-7-3-1-6(11)2-4-7/h1-5H. The van der Waals surface area contributed by atoms with Crippen LogP contribution in [-0.4, -0.2) is 4.98 Å². The van der Waals surface area contributed by atoms with Crippen LogP contribution in [0.15, 0.2) is 39.5 Å². The maximum absolute atomic E-state index is 5.72. The maximum Gasteiger partial charge on any atom is 0.400 e. The SMILES string of the molecule is Clc1ccc(Oc2nc(Br)co2)cc1. The van der Waals surface area contributed by atoms with Crippen LogP contribution in [0.3, 0.4) is 0 Å². The summed E-state index contributed by atoms with van der Waals surface area (Å²) in [5.74, 6) is 0.628. The molecule has 3 nitrogen and oxygen atoms in total. The second-order valence-electron chi connectivity index (χ2n) is 2.49. The van der Waals surface area contributed by atoms with Crippen LogP contribution in [-0.2, 0) is 0 Å². The largest absolute Gasteiger partial charge is 0.416 e. The molecule has 14 heavy (non-hydrogen) atoms. The van der Waals surface area contributed by atoms with Crippen molar-refractivity contribution in [3.63, 3.8) is 0 Å². The van der Waals surface area contributed by atoms with E-state index in [4.69, 9.17) is 20.8 Å². The Morgan fingerprint density at radius 1 is 1.29 bits per heavy atom. The van der Waals surface area contributed by atoms with Gasteiger partial charge in [-0.15, -0.1) is 0 Å². The van der Waals surface area contributed by atoms with Gasteiger partial charge in [-0.1, -0.05) is 11.6 Å². The number of nitrogens with zero attached hydrogens (tertiary/aromatic N) is 1. The first-order valence-electron chi connectivity index (χ1n) is 3.78. The van der Waals surface area contributed by atoms with Crippen molar-refractivity contribution in [2.24, 2.45) is 0 Å². The molecule has 1 heterocycles. The first-order chi connectivity index (χ1) is 6.74. The van der Waals surface area contributed by atoms with E-state index in [1.165, 1.54) is 6.26 Å². The van der Waals surface area contributed by atoms with E-state index >= 15 is 0 Å². The Bertz CT molecular complexity index is 427. The van der Waals surface area contributed by atoms with Gasteiger partial charge in [0.25, 0.3) is 0 Å². The van der Waals surface area contributed by atoms with Gasteiger partial charge in [0.05, 0.1) is 0 Å². The van der Waals surface area contributed by atoms with Crippen LogP contribution in [0.5, 0.6) is 11.8 Å². The monoisotopic (exact) mass is 273 g/mol. The summed E-state index contributed by atoms with van der Waals surface area (Å²) in [5, 5.41) is 0.658. The number of oxazole rings is 1. The molecule has 2 rings (SSSR count). The molecule has 72 valence electrons. The molecule has 2 aromatic rings. The summed E-state index contributed by atoms with van der Waals surface area (Å²) in [6.45, 7) is 0. The van der Waals surface area contributed by atoms with E-state index in [1.54, 1.807) is 24.3 Å². The second kappa shape index (κ2) is 4.02. The molecule has 0 spiro atoms. The van der Waals surface area contributed by atoms with Crippen molar-refractivity contribution in [3.8, 4) is 11.8 Å². The summed E-state index contributed by atoms with van der Waals surface area (Å²) >= 11 is 8.87. The average Bonchev–Trinajstić information content (AvgIpc) is 2.56. The summed E-state index contributed by atoms with van der Waals surface area (Å²) in [4.78, 5) is 3.92. The molecular weight excluding hydrogens is 269 g/mol. The van der Waals surface area contributed by atoms with Gasteiger partial charge in [-0.25, -0.2) is 0 Å². The highest BCUT2D eigenvalue weighted by Crippen LogP contribution is 2.23. The van der Waals surface area contributed by atoms with Crippen LogP contribution in [0.4, 0.5) is 0 Å². The maximum atomic E-state index is 5.72. The first-order valence-corrected chi connectivity index (χ1v) is 4.95. The molecule has 0 saturated heterocycles. The Balaban J connectivity index is 2.15. The fourth-order valence-electron chi connectivity index (χ4n) is 0.889. The van der Waals surface area contributed by atoms with Crippen molar-refractivity contribution >= 4 is 27.5 Å². The fraction of sp³-hybridized carbons (Fsp3) is 0. The Morgan fingerprint density at radius 3 is 2.57 bits per heavy atom. The van der Waals surface area contributed by atoms with Gasteiger partial charge in [0.1, 0.15) is 16.6 Å². The van der Waals surface area contributed by atoms with Crippen molar-refractivity contribution in [1.82, 2.24) is 4.98 Å². The third-order valence-electron chi connectivity index (χ3n) is 1.47. The van der Waals surface area contributed by atoms with E-state index in [-0.39, 0.29) is 6.08 Å². The molecule has 0 atom stereocenters. The highest BCUT2D eigenvalue weighted by atomic mass is 79.9. The fourth-order valence-corrected chi connectivity index (χ4v) is 1.25. The zero-order valence-electron chi connectivity index (χ0n) is 6.91. The van der Waals surface area contributed by atoms with E-state index in [9.17, 15) is 0 Å². The predicted molar refractivity (Wildman–Crippen MR) is 55.7 cm³/mol. The van der Waals surface area contributed by atoms with E-state index in [1.807, 2.05) is 0 Å². The zero-order valence-corrected chi connectivity index (χ0v) is 9.25. The average molecular weight is 275 g/mol. The topological polar surface area (TPSA) is 35.3 Å². The summed E-state index contributed by atoms with van der Waals surface area (Å²) in [5.41, 5.74) is 0. The molecular formula is C9H5BrClNO2. The zero-order chi connectivity index (χ0) is 9.97. The smallest absolute Gasteiger partial charge is 0.400 e. The third-order valence-corrected chi connectivity index (χ3v) is 2.09. The Hall–Kier alpha value is -1.00. The van der Waals surface area contributed by atoms with Crippen LogP contribution in [0.2, 0.25) is 5.02 Å². The lowest BCUT2D eigenvalue weighted by atomic mass is 10.3. The van der Waals surface area contributed by atoms with Gasteiger partial charge in [0.2, 0.25) is 0 Å². The van der Waals surface area contributed by atoms with Crippen LogP contribution < -0.4 is 4.74 Å². The molecule has 0 amide bonds. The number of hydrogen-bond acceptors (Lipinski definition) is 3. The normalized spacial score (nSPS) is 10.1. The Labute approximate surface area is 93.8 Å². The molecule has 0 aliphatic heterocycles. The number of ether oxygens (including phenoxy) is 1. The van der Waals surface area contributed by atoms with Crippen LogP contribution in [0, 0.1) is 0 Å². The van der Waals surface area contributed by atoms with E-state index < -0.39 is 0 Å². The van der Waals surface area contributed by atoms with E-state index in [0.717, 1.165) is 0 Å². The molecule has 1 aromatic carbocycles. The molecule has 0 bridgehead atoms. The Kier molecular flexibility index (Phi) is 2.74. The molecule has 5 heteroatoms. The molecule has 1 aromatic heterocycles. The minimum Gasteiger partial charge on any atom is -0.416 e. The molecule has 0 fully saturated rings. The highest BCUT2D eigenvalue weighted by Gasteiger charge is 2.03. The van der Waals surface area contributed by atoms with Gasteiger partial charge >= 0.3 is 6.08 Å². The van der Waals surface area contributed by atoms with Crippen molar-refractivity contribution in [1.29, 1.82) is 0 Å². The van der Waals surface area contributed by atoms with Crippen molar-refractivity contribution in [3.05, 3.63) is 40.2 Å². The summed E-state index contributed by atoms with van der Waals surface area (Å²) in [7, 11) is 0. The molecule has 0 radical (unpaired) electrons. The van der Waals surface area contributed by atoms with Gasteiger partial charge in [-0.3, -0.25) is 0 Å². The van der Waals surface area contributed by atoms with Crippen molar-refractivity contribution < 1.29 is 9.15 Å². The summed E-state index contributed by atoms with van der Waals surface area (Å²) < 4.78 is 10.9. The van der Waals surface area contributed by atoms with Gasteiger partial charge in [-0.05, 0) is 40.2 Å². The molecule has 0 aliphatic carbocycles. The summed E-state index contributed by atoms with van der Waals surface area (Å²) in [6, 6.07) is 6.94. The van der Waals surface area contributed by atoms with Gasteiger partial charge < -0.3 is 9.15 Å². The first kappa shape index (κ1) is 9.55. The summed E-state index contributed by atoms with van der Waals surface area (Å²) in [6.07, 6.45) is 1.64. The number of hydrogen-bond donors (Lipinski definition) is 0. The predicted octanol–water partition coefficient (Wildman–Crippen LogP) is 3.88. The van der Waals surface area contributed by atoms with Crippen LogP contribution in [0.25, 0.3) is 0 Å².